The van der Waals surface area contributed by atoms with E-state index in [0.29, 0.717) is 22.3 Å². The highest BCUT2D eigenvalue weighted by molar-refractivity contribution is 7.92. The first-order valence-electron chi connectivity index (χ1n) is 7.18. The van der Waals surface area contributed by atoms with E-state index in [1.807, 2.05) is 0 Å². The van der Waals surface area contributed by atoms with Crippen molar-refractivity contribution in [2.24, 2.45) is 0 Å². The van der Waals surface area contributed by atoms with E-state index in [1.54, 1.807) is 48.5 Å². The normalized spacial score (nSPS) is 11.3. The van der Waals surface area contributed by atoms with Crippen LogP contribution in [0.5, 0.6) is 0 Å². The molecule has 0 aliphatic rings. The van der Waals surface area contributed by atoms with Gasteiger partial charge in [0.15, 0.2) is 0 Å². The molecule has 3 aromatic rings. The molecule has 1 heterocycles. The number of benzene rings is 2. The second-order valence-electron chi connectivity index (χ2n) is 5.07. The van der Waals surface area contributed by atoms with Gasteiger partial charge in [0, 0.05) is 17.8 Å². The van der Waals surface area contributed by atoms with Crippen LogP contribution in [0.4, 0.5) is 5.69 Å². The summed E-state index contributed by atoms with van der Waals surface area (Å²) in [6, 6.07) is 13.4. The minimum atomic E-state index is -3.53. The van der Waals surface area contributed by atoms with Crippen molar-refractivity contribution in [1.29, 1.82) is 0 Å². The summed E-state index contributed by atoms with van der Waals surface area (Å²) in [4.78, 5) is 12.1. The Labute approximate surface area is 138 Å². The SMILES string of the molecule is O=C(NCCS(=O)(=O)Nc1ccccc1)c1ccc2n[nH]nc2c1. The van der Waals surface area contributed by atoms with E-state index in [-0.39, 0.29) is 18.2 Å². The van der Waals surface area contributed by atoms with Crippen molar-refractivity contribution in [2.75, 3.05) is 17.0 Å². The molecule has 8 nitrogen and oxygen atoms in total. The van der Waals surface area contributed by atoms with Gasteiger partial charge in [-0.1, -0.05) is 18.2 Å². The number of sulfonamides is 1. The molecule has 0 atom stereocenters. The number of amides is 1. The van der Waals surface area contributed by atoms with Gasteiger partial charge in [0.05, 0.1) is 5.75 Å². The molecule has 0 saturated heterocycles. The molecule has 1 amide bonds. The standard InChI is InChI=1S/C15H15N5O3S/c21-15(11-6-7-13-14(10-11)18-20-17-13)16-8-9-24(22,23)19-12-4-2-1-3-5-12/h1-7,10,19H,8-9H2,(H,16,21)(H,17,18,20). The van der Waals surface area contributed by atoms with Gasteiger partial charge in [0.1, 0.15) is 11.0 Å². The smallest absolute Gasteiger partial charge is 0.251 e. The molecule has 0 spiro atoms. The second kappa shape index (κ2) is 6.67. The fourth-order valence-electron chi connectivity index (χ4n) is 2.12. The molecule has 0 saturated carbocycles. The van der Waals surface area contributed by atoms with E-state index in [1.165, 1.54) is 0 Å². The monoisotopic (exact) mass is 345 g/mol. The minimum Gasteiger partial charge on any atom is -0.351 e. The fourth-order valence-corrected chi connectivity index (χ4v) is 3.09. The lowest BCUT2D eigenvalue weighted by atomic mass is 10.2. The van der Waals surface area contributed by atoms with Gasteiger partial charge in [0.25, 0.3) is 5.91 Å². The van der Waals surface area contributed by atoms with Crippen molar-refractivity contribution in [2.45, 2.75) is 0 Å². The summed E-state index contributed by atoms with van der Waals surface area (Å²) in [6.07, 6.45) is 0. The molecule has 9 heteroatoms. The average Bonchev–Trinajstić information content (AvgIpc) is 3.02. The van der Waals surface area contributed by atoms with E-state index in [4.69, 9.17) is 0 Å². The number of nitrogens with zero attached hydrogens (tertiary/aromatic N) is 2. The zero-order chi connectivity index (χ0) is 17.0. The van der Waals surface area contributed by atoms with Crippen molar-refractivity contribution in [3.8, 4) is 0 Å². The van der Waals surface area contributed by atoms with E-state index >= 15 is 0 Å². The van der Waals surface area contributed by atoms with Gasteiger partial charge < -0.3 is 5.32 Å². The third kappa shape index (κ3) is 3.87. The lowest BCUT2D eigenvalue weighted by molar-refractivity contribution is 0.0956. The summed E-state index contributed by atoms with van der Waals surface area (Å²) in [5.41, 5.74) is 2.10. The van der Waals surface area contributed by atoms with E-state index in [9.17, 15) is 13.2 Å². The van der Waals surface area contributed by atoms with Crippen LogP contribution in [0.3, 0.4) is 0 Å². The number of anilines is 1. The minimum absolute atomic E-state index is 0.00213. The zero-order valence-corrected chi connectivity index (χ0v) is 13.4. The lowest BCUT2D eigenvalue weighted by Crippen LogP contribution is -2.31. The molecule has 0 aliphatic heterocycles. The second-order valence-corrected chi connectivity index (χ2v) is 6.91. The van der Waals surface area contributed by atoms with E-state index in [2.05, 4.69) is 25.4 Å². The highest BCUT2D eigenvalue weighted by Gasteiger charge is 2.12. The number of para-hydroxylation sites is 1. The molecule has 1 aromatic heterocycles. The number of hydrogen-bond donors (Lipinski definition) is 3. The van der Waals surface area contributed by atoms with Crippen molar-refractivity contribution in [1.82, 2.24) is 20.7 Å². The molecule has 0 aliphatic carbocycles. The fraction of sp³-hybridized carbons (Fsp3) is 0.133. The number of hydrogen-bond acceptors (Lipinski definition) is 5. The molecule has 2 aromatic carbocycles. The highest BCUT2D eigenvalue weighted by Crippen LogP contribution is 2.10. The number of carbonyl (C=O) groups excluding carboxylic acids is 1. The summed E-state index contributed by atoms with van der Waals surface area (Å²) in [7, 11) is -3.53. The van der Waals surface area contributed by atoms with Crippen molar-refractivity contribution in [3.63, 3.8) is 0 Å². The Bertz CT molecular complexity index is 953. The first-order chi connectivity index (χ1) is 11.5. The molecule has 0 radical (unpaired) electrons. The van der Waals surface area contributed by atoms with Crippen LogP contribution in [0.15, 0.2) is 48.5 Å². The predicted molar refractivity (Wildman–Crippen MR) is 90.1 cm³/mol. The maximum atomic E-state index is 12.1. The number of rotatable bonds is 6. The van der Waals surface area contributed by atoms with E-state index in [0.717, 1.165) is 0 Å². The largest absolute Gasteiger partial charge is 0.351 e. The average molecular weight is 345 g/mol. The number of aromatic nitrogens is 3. The maximum Gasteiger partial charge on any atom is 0.251 e. The Hall–Kier alpha value is -2.94. The Morgan fingerprint density at radius 1 is 1.04 bits per heavy atom. The molecule has 0 fully saturated rings. The predicted octanol–water partition coefficient (Wildman–Crippen LogP) is 1.13. The summed E-state index contributed by atoms with van der Waals surface area (Å²) in [5.74, 6) is -0.588. The number of fused-ring (bicyclic) bond motifs is 1. The van der Waals surface area contributed by atoms with Gasteiger partial charge in [-0.25, -0.2) is 8.42 Å². The summed E-state index contributed by atoms with van der Waals surface area (Å²) >= 11 is 0. The van der Waals surface area contributed by atoms with Crippen LogP contribution < -0.4 is 10.0 Å². The van der Waals surface area contributed by atoms with Crippen LogP contribution in [0.25, 0.3) is 11.0 Å². The van der Waals surface area contributed by atoms with Gasteiger partial charge in [-0.2, -0.15) is 15.4 Å². The van der Waals surface area contributed by atoms with Crippen molar-refractivity contribution in [3.05, 3.63) is 54.1 Å². The van der Waals surface area contributed by atoms with Gasteiger partial charge in [-0.3, -0.25) is 9.52 Å². The van der Waals surface area contributed by atoms with Gasteiger partial charge in [-0.15, -0.1) is 0 Å². The topological polar surface area (TPSA) is 117 Å². The van der Waals surface area contributed by atoms with Gasteiger partial charge in [-0.05, 0) is 30.3 Å². The number of H-pyrrole nitrogens is 1. The third-order valence-corrected chi connectivity index (χ3v) is 4.57. The highest BCUT2D eigenvalue weighted by atomic mass is 32.2. The molecule has 24 heavy (non-hydrogen) atoms. The lowest BCUT2D eigenvalue weighted by Gasteiger charge is -2.09. The molecule has 3 rings (SSSR count). The van der Waals surface area contributed by atoms with Crippen LogP contribution in [0, 0.1) is 0 Å². The Morgan fingerprint density at radius 3 is 2.58 bits per heavy atom. The molecule has 3 N–H and O–H groups in total. The van der Waals surface area contributed by atoms with Crippen molar-refractivity contribution < 1.29 is 13.2 Å². The van der Waals surface area contributed by atoms with Gasteiger partial charge in [0.2, 0.25) is 10.0 Å². The molecule has 124 valence electrons. The first-order valence-corrected chi connectivity index (χ1v) is 8.83. The zero-order valence-electron chi connectivity index (χ0n) is 12.6. The number of nitrogens with one attached hydrogen (secondary N) is 3. The van der Waals surface area contributed by atoms with Crippen LogP contribution in [0.1, 0.15) is 10.4 Å². The maximum absolute atomic E-state index is 12.1. The van der Waals surface area contributed by atoms with Crippen LogP contribution in [0.2, 0.25) is 0 Å². The first kappa shape index (κ1) is 15.9. The summed E-state index contributed by atoms with van der Waals surface area (Å²) < 4.78 is 26.4. The number of aromatic amines is 1. The third-order valence-electron chi connectivity index (χ3n) is 3.28. The molecule has 0 bridgehead atoms. The molecular formula is C15H15N5O3S. The van der Waals surface area contributed by atoms with Crippen LogP contribution >= 0.6 is 0 Å². The quantitative estimate of drug-likeness (QED) is 0.619. The van der Waals surface area contributed by atoms with Crippen LogP contribution in [-0.2, 0) is 10.0 Å². The van der Waals surface area contributed by atoms with Crippen molar-refractivity contribution >= 4 is 32.7 Å². The van der Waals surface area contributed by atoms with Crippen LogP contribution in [-0.4, -0.2) is 42.0 Å². The summed E-state index contributed by atoms with van der Waals surface area (Å²) in [5, 5.41) is 12.9. The Kier molecular flexibility index (Phi) is 4.43. The Morgan fingerprint density at radius 2 is 1.79 bits per heavy atom. The molecular weight excluding hydrogens is 330 g/mol. The molecule has 0 unspecified atom stereocenters. The van der Waals surface area contributed by atoms with Gasteiger partial charge >= 0.3 is 0 Å². The summed E-state index contributed by atoms with van der Waals surface area (Å²) in [6.45, 7) is -0.00213. The number of carbonyl (C=O) groups is 1. The Balaban J connectivity index is 1.56. The van der Waals surface area contributed by atoms with E-state index < -0.39 is 10.0 Å².